The quantitative estimate of drug-likeness (QED) is 0.582. The van der Waals surface area contributed by atoms with Crippen LogP contribution in [0.15, 0.2) is 40.7 Å². The number of amidine groups is 1. The second-order valence-electron chi connectivity index (χ2n) is 8.24. The molecule has 1 aromatic heterocycles. The summed E-state index contributed by atoms with van der Waals surface area (Å²) in [6.07, 6.45) is 1.46. The van der Waals surface area contributed by atoms with E-state index in [1.807, 2.05) is 13.0 Å². The molecule has 12 heteroatoms. The van der Waals surface area contributed by atoms with Crippen LogP contribution in [0.2, 0.25) is 0 Å². The summed E-state index contributed by atoms with van der Waals surface area (Å²) in [7, 11) is 1.60. The van der Waals surface area contributed by atoms with E-state index in [1.165, 1.54) is 19.3 Å². The largest absolute Gasteiger partial charge is 0.416 e. The molecule has 9 nitrogen and oxygen atoms in total. The molecule has 1 unspecified atom stereocenters. The molecule has 2 amide bonds. The number of carbonyl (C=O) groups excluding carboxylic acids is 1. The van der Waals surface area contributed by atoms with Crippen LogP contribution in [0.25, 0.3) is 5.57 Å². The number of carbonyl (C=O) groups is 1. The normalized spacial score (nSPS) is 19.2. The average molecular weight is 489 g/mol. The summed E-state index contributed by atoms with van der Waals surface area (Å²) in [5, 5.41) is 15.4. The van der Waals surface area contributed by atoms with Crippen LogP contribution >= 0.6 is 0 Å². The highest BCUT2D eigenvalue weighted by molar-refractivity contribution is 6.15. The van der Waals surface area contributed by atoms with Gasteiger partial charge in [0.1, 0.15) is 11.9 Å². The van der Waals surface area contributed by atoms with Crippen LogP contribution < -0.4 is 16.4 Å². The maximum atomic E-state index is 13.3. The van der Waals surface area contributed by atoms with E-state index in [1.54, 1.807) is 11.9 Å². The number of aromatic nitrogens is 2. The Hall–Kier alpha value is -3.88. The fourth-order valence-electron chi connectivity index (χ4n) is 4.06. The lowest BCUT2D eigenvalue weighted by atomic mass is 9.90. The first-order chi connectivity index (χ1) is 16.6. The van der Waals surface area contributed by atoms with E-state index < -0.39 is 11.7 Å². The van der Waals surface area contributed by atoms with Crippen molar-refractivity contribution < 1.29 is 18.0 Å². The Morgan fingerprint density at radius 3 is 2.63 bits per heavy atom. The summed E-state index contributed by atoms with van der Waals surface area (Å²) >= 11 is 0. The Morgan fingerprint density at radius 2 is 2.06 bits per heavy atom. The van der Waals surface area contributed by atoms with E-state index in [0.717, 1.165) is 25.0 Å². The monoisotopic (exact) mass is 488 g/mol. The van der Waals surface area contributed by atoms with Crippen LogP contribution in [0, 0.1) is 17.2 Å². The molecule has 0 spiro atoms. The third-order valence-electron chi connectivity index (χ3n) is 6.11. The molecule has 2 aliphatic heterocycles. The lowest BCUT2D eigenvalue weighted by Gasteiger charge is -2.34. The summed E-state index contributed by atoms with van der Waals surface area (Å²) in [6, 6.07) is 1.83. The number of nitrogens with one attached hydrogen (secondary N) is 2. The maximum absolute atomic E-state index is 13.3. The van der Waals surface area contributed by atoms with Crippen molar-refractivity contribution in [2.24, 2.45) is 16.6 Å². The molecule has 1 saturated heterocycles. The molecule has 0 bridgehead atoms. The zero-order valence-electron chi connectivity index (χ0n) is 19.6. The number of hydrogen-bond donors (Lipinski definition) is 3. The highest BCUT2D eigenvalue weighted by atomic mass is 19.4. The van der Waals surface area contributed by atoms with Gasteiger partial charge >= 0.3 is 12.2 Å². The molecule has 0 saturated carbocycles. The van der Waals surface area contributed by atoms with E-state index in [4.69, 9.17) is 5.73 Å². The zero-order chi connectivity index (χ0) is 25.8. The number of hydrogen-bond acceptors (Lipinski definition) is 7. The molecular formula is C23H27F3N8O. The summed E-state index contributed by atoms with van der Waals surface area (Å²) in [5.74, 6) is 0.382. The van der Waals surface area contributed by atoms with Crippen molar-refractivity contribution in [1.82, 2.24) is 20.2 Å². The van der Waals surface area contributed by atoms with Gasteiger partial charge in [0.25, 0.3) is 0 Å². The van der Waals surface area contributed by atoms with Crippen molar-refractivity contribution in [1.29, 1.82) is 5.26 Å². The minimum Gasteiger partial charge on any atom is -0.383 e. The van der Waals surface area contributed by atoms with Gasteiger partial charge in [-0.1, -0.05) is 6.08 Å². The second-order valence-corrected chi connectivity index (χ2v) is 8.24. The number of rotatable bonds is 5. The summed E-state index contributed by atoms with van der Waals surface area (Å²) in [4.78, 5) is 26.2. The first kappa shape index (κ1) is 25.7. The fourth-order valence-corrected chi connectivity index (χ4v) is 4.06. The van der Waals surface area contributed by atoms with Crippen LogP contribution in [0.3, 0.4) is 0 Å². The predicted octanol–water partition coefficient (Wildman–Crippen LogP) is 3.35. The van der Waals surface area contributed by atoms with E-state index in [9.17, 15) is 23.2 Å². The van der Waals surface area contributed by atoms with Gasteiger partial charge in [-0.25, -0.2) is 19.8 Å². The van der Waals surface area contributed by atoms with Gasteiger partial charge in [-0.2, -0.15) is 18.4 Å². The molecule has 35 heavy (non-hydrogen) atoms. The fraction of sp³-hybridized carbons (Fsp3) is 0.435. The van der Waals surface area contributed by atoms with E-state index in [-0.39, 0.29) is 52.2 Å². The Balaban J connectivity index is 1.83. The number of aliphatic imine (C=N–C) groups is 1. The van der Waals surface area contributed by atoms with Crippen LogP contribution in [0.4, 0.5) is 23.9 Å². The number of allylic oxidation sites excluding steroid dienone is 3. The predicted molar refractivity (Wildman–Crippen MR) is 126 cm³/mol. The molecule has 0 radical (unpaired) electrons. The number of anilines is 1. The summed E-state index contributed by atoms with van der Waals surface area (Å²) in [6.45, 7) is 4.50. The van der Waals surface area contributed by atoms with E-state index in [0.29, 0.717) is 13.1 Å². The Bertz CT molecular complexity index is 1140. The third kappa shape index (κ3) is 5.79. The van der Waals surface area contributed by atoms with Gasteiger partial charge in [-0.15, -0.1) is 0 Å². The number of amides is 2. The highest BCUT2D eigenvalue weighted by Gasteiger charge is 2.33. The first-order valence-electron chi connectivity index (χ1n) is 11.1. The standard InChI is InChI=1S/C23H27F3N8O/c1-4-16(23(24,25)26)9-17-18(12-30-20(17)28)19-15(10-27)11-31-21(33-19)32-13(2)14-5-7-34(8-6-14)22(35)29-3/h4,9,11-14H,5-8H2,1-3H3,(H2,28,30)(H,29,35)(H,31,32,33)/b16-4+,17-9-. The SMILES string of the molecule is C/C=C(\C=C1\C(c2nc(NC(C)C3CCN(C(=O)NC)CC3)ncc2C#N)=CN=C1N)C(F)(F)F. The number of likely N-dealkylation sites (tertiary alicyclic amines) is 1. The van der Waals surface area contributed by atoms with Crippen molar-refractivity contribution in [2.45, 2.75) is 38.9 Å². The zero-order valence-corrected chi connectivity index (χ0v) is 19.6. The Kier molecular flexibility index (Phi) is 7.78. The van der Waals surface area contributed by atoms with Crippen molar-refractivity contribution in [3.63, 3.8) is 0 Å². The van der Waals surface area contributed by atoms with Crippen molar-refractivity contribution in [3.8, 4) is 6.07 Å². The Morgan fingerprint density at radius 1 is 1.37 bits per heavy atom. The molecule has 2 aliphatic rings. The van der Waals surface area contributed by atoms with Gasteiger partial charge in [-0.05, 0) is 38.7 Å². The lowest BCUT2D eigenvalue weighted by Crippen LogP contribution is -2.45. The Labute approximate surface area is 201 Å². The third-order valence-corrected chi connectivity index (χ3v) is 6.11. The van der Waals surface area contributed by atoms with E-state index >= 15 is 0 Å². The van der Waals surface area contributed by atoms with Gasteiger partial charge < -0.3 is 21.3 Å². The minimum atomic E-state index is -4.57. The molecule has 0 aliphatic carbocycles. The average Bonchev–Trinajstić information content (AvgIpc) is 3.20. The van der Waals surface area contributed by atoms with Gasteiger partial charge in [-0.3, -0.25) is 0 Å². The number of halogens is 3. The van der Waals surface area contributed by atoms with Crippen LogP contribution in [-0.2, 0) is 0 Å². The highest BCUT2D eigenvalue weighted by Crippen LogP contribution is 2.34. The topological polar surface area (TPSA) is 132 Å². The van der Waals surface area contributed by atoms with Gasteiger partial charge in [0.15, 0.2) is 0 Å². The summed E-state index contributed by atoms with van der Waals surface area (Å²) < 4.78 is 40.0. The van der Waals surface area contributed by atoms with E-state index in [2.05, 4.69) is 25.6 Å². The van der Waals surface area contributed by atoms with Gasteiger partial charge in [0, 0.05) is 43.5 Å². The molecule has 1 atom stereocenters. The van der Waals surface area contributed by atoms with Crippen molar-refractivity contribution in [3.05, 3.63) is 47.0 Å². The smallest absolute Gasteiger partial charge is 0.383 e. The lowest BCUT2D eigenvalue weighted by molar-refractivity contribution is -0.0883. The number of alkyl halides is 3. The number of nitrogens with two attached hydrogens (primary N) is 1. The number of piperidine rings is 1. The van der Waals surface area contributed by atoms with Gasteiger partial charge in [0.2, 0.25) is 5.95 Å². The van der Waals surface area contributed by atoms with Crippen LogP contribution in [0.5, 0.6) is 0 Å². The summed E-state index contributed by atoms with van der Waals surface area (Å²) in [5.41, 5.74) is 5.44. The number of nitrogens with zero attached hydrogens (tertiary/aromatic N) is 5. The maximum Gasteiger partial charge on any atom is 0.416 e. The minimum absolute atomic E-state index is 0.0335. The van der Waals surface area contributed by atoms with Crippen molar-refractivity contribution in [2.75, 3.05) is 25.5 Å². The molecule has 1 fully saturated rings. The molecule has 186 valence electrons. The van der Waals surface area contributed by atoms with Crippen LogP contribution in [0.1, 0.15) is 37.9 Å². The molecular weight excluding hydrogens is 461 g/mol. The van der Waals surface area contributed by atoms with Crippen LogP contribution in [-0.4, -0.2) is 59.1 Å². The molecule has 0 aromatic carbocycles. The second kappa shape index (κ2) is 10.6. The molecule has 3 rings (SSSR count). The number of nitriles is 1. The van der Waals surface area contributed by atoms with Gasteiger partial charge in [0.05, 0.1) is 23.0 Å². The molecule has 4 N–H and O–H groups in total. The first-order valence-corrected chi connectivity index (χ1v) is 11.1. The number of urea groups is 1. The molecule has 3 heterocycles. The van der Waals surface area contributed by atoms with Crippen molar-refractivity contribution >= 4 is 23.4 Å². The molecule has 1 aromatic rings.